The fraction of sp³-hybridized carbons (Fsp3) is 0. The molecule has 0 spiro atoms. The lowest BCUT2D eigenvalue weighted by atomic mass is 10.1. The summed E-state index contributed by atoms with van der Waals surface area (Å²) in [5.41, 5.74) is 2.92. The summed E-state index contributed by atoms with van der Waals surface area (Å²) in [6.07, 6.45) is 3.18. The van der Waals surface area contributed by atoms with Crippen molar-refractivity contribution in [3.05, 3.63) is 66.7 Å². The van der Waals surface area contributed by atoms with E-state index < -0.39 is 11.6 Å². The Morgan fingerprint density at radius 2 is 1.71 bits per heavy atom. The summed E-state index contributed by atoms with van der Waals surface area (Å²) in [4.78, 5) is 4.40. The number of phenolic OH excluding ortho intramolecular Hbond substituents is 2. The van der Waals surface area contributed by atoms with Gasteiger partial charge in [0.15, 0.2) is 11.6 Å². The van der Waals surface area contributed by atoms with Crippen molar-refractivity contribution in [1.82, 2.24) is 14.8 Å². The van der Waals surface area contributed by atoms with E-state index in [1.54, 1.807) is 35.1 Å². The fourth-order valence-corrected chi connectivity index (χ4v) is 2.56. The normalized spacial score (nSPS) is 11.0. The fourth-order valence-electron chi connectivity index (χ4n) is 2.56. The van der Waals surface area contributed by atoms with Crippen LogP contribution in [0.15, 0.2) is 60.9 Å². The summed E-state index contributed by atoms with van der Waals surface area (Å²) >= 11 is 0. The summed E-state index contributed by atoms with van der Waals surface area (Å²) in [6, 6.07) is 13.0. The zero-order valence-electron chi connectivity index (χ0n) is 12.4. The highest BCUT2D eigenvalue weighted by molar-refractivity contribution is 5.82. The van der Waals surface area contributed by atoms with E-state index in [1.807, 2.05) is 12.1 Å². The molecule has 5 nitrogen and oxygen atoms in total. The van der Waals surface area contributed by atoms with Crippen LogP contribution in [0.1, 0.15) is 0 Å². The number of nitrogens with zero attached hydrogens (tertiary/aromatic N) is 3. The Morgan fingerprint density at radius 3 is 2.42 bits per heavy atom. The molecule has 0 fully saturated rings. The first kappa shape index (κ1) is 14.2. The third kappa shape index (κ3) is 2.34. The second kappa shape index (κ2) is 5.34. The van der Waals surface area contributed by atoms with Gasteiger partial charge in [-0.1, -0.05) is 0 Å². The first-order valence-corrected chi connectivity index (χ1v) is 7.24. The van der Waals surface area contributed by atoms with Crippen molar-refractivity contribution in [1.29, 1.82) is 0 Å². The van der Waals surface area contributed by atoms with Gasteiger partial charge in [0.2, 0.25) is 0 Å². The molecule has 2 aromatic carbocycles. The standard InChI is InChI=1S/C18H12FN3O2/c19-15-7-12-9-21-22(17(12)8-18(15)24)13-3-6-16(20-10-13)11-1-4-14(23)5-2-11/h1-10,23-24H. The van der Waals surface area contributed by atoms with Crippen LogP contribution in [0.25, 0.3) is 27.8 Å². The maximum atomic E-state index is 13.4. The predicted molar refractivity (Wildman–Crippen MR) is 87.6 cm³/mol. The Bertz CT molecular complexity index is 1020. The minimum atomic E-state index is -0.678. The minimum absolute atomic E-state index is 0.199. The van der Waals surface area contributed by atoms with E-state index in [1.165, 1.54) is 18.3 Å². The number of aromatic nitrogens is 3. The Balaban J connectivity index is 1.75. The van der Waals surface area contributed by atoms with Crippen LogP contribution in [0, 0.1) is 5.82 Å². The molecule has 2 heterocycles. The lowest BCUT2D eigenvalue weighted by Crippen LogP contribution is -1.97. The molecule has 0 aliphatic heterocycles. The molecule has 24 heavy (non-hydrogen) atoms. The van der Waals surface area contributed by atoms with Crippen LogP contribution in [0.3, 0.4) is 0 Å². The highest BCUT2D eigenvalue weighted by Crippen LogP contribution is 2.26. The number of rotatable bonds is 2. The van der Waals surface area contributed by atoms with Gasteiger partial charge in [0.1, 0.15) is 5.75 Å². The molecule has 0 radical (unpaired) electrons. The van der Waals surface area contributed by atoms with Crippen molar-refractivity contribution in [2.45, 2.75) is 0 Å². The predicted octanol–water partition coefficient (Wildman–Crippen LogP) is 3.64. The quantitative estimate of drug-likeness (QED) is 0.591. The summed E-state index contributed by atoms with van der Waals surface area (Å²) in [5, 5.41) is 23.7. The molecular formula is C18H12FN3O2. The van der Waals surface area contributed by atoms with E-state index >= 15 is 0 Å². The summed E-state index contributed by atoms with van der Waals surface area (Å²) in [7, 11) is 0. The van der Waals surface area contributed by atoms with Crippen LogP contribution in [0.4, 0.5) is 4.39 Å². The minimum Gasteiger partial charge on any atom is -0.508 e. The number of aromatic hydroxyl groups is 2. The van der Waals surface area contributed by atoms with Gasteiger partial charge in [-0.15, -0.1) is 0 Å². The van der Waals surface area contributed by atoms with Gasteiger partial charge in [0.05, 0.1) is 29.3 Å². The van der Waals surface area contributed by atoms with E-state index in [9.17, 15) is 14.6 Å². The third-order valence-corrected chi connectivity index (χ3v) is 3.79. The molecule has 2 N–H and O–H groups in total. The van der Waals surface area contributed by atoms with Gasteiger partial charge < -0.3 is 10.2 Å². The molecule has 0 unspecified atom stereocenters. The van der Waals surface area contributed by atoms with E-state index in [0.717, 1.165) is 11.3 Å². The lowest BCUT2D eigenvalue weighted by Gasteiger charge is -2.06. The van der Waals surface area contributed by atoms with Crippen LogP contribution in [-0.4, -0.2) is 25.0 Å². The Morgan fingerprint density at radius 1 is 0.917 bits per heavy atom. The van der Waals surface area contributed by atoms with Crippen LogP contribution in [0.5, 0.6) is 11.5 Å². The highest BCUT2D eigenvalue weighted by atomic mass is 19.1. The van der Waals surface area contributed by atoms with Gasteiger partial charge in [0, 0.05) is 17.0 Å². The Hall–Kier alpha value is -3.41. The van der Waals surface area contributed by atoms with E-state index in [0.29, 0.717) is 16.6 Å². The summed E-state index contributed by atoms with van der Waals surface area (Å²) < 4.78 is 15.0. The lowest BCUT2D eigenvalue weighted by molar-refractivity contribution is 0.433. The molecule has 4 rings (SSSR count). The average Bonchev–Trinajstić information content (AvgIpc) is 2.99. The number of phenols is 2. The molecular weight excluding hydrogens is 309 g/mol. The van der Waals surface area contributed by atoms with Gasteiger partial charge >= 0.3 is 0 Å². The monoisotopic (exact) mass is 321 g/mol. The second-order valence-electron chi connectivity index (χ2n) is 5.37. The third-order valence-electron chi connectivity index (χ3n) is 3.79. The number of hydrogen-bond donors (Lipinski definition) is 2. The molecule has 0 aliphatic rings. The van der Waals surface area contributed by atoms with E-state index in [4.69, 9.17) is 0 Å². The Kier molecular flexibility index (Phi) is 3.16. The van der Waals surface area contributed by atoms with E-state index in [-0.39, 0.29) is 5.75 Å². The molecule has 118 valence electrons. The highest BCUT2D eigenvalue weighted by Gasteiger charge is 2.10. The van der Waals surface area contributed by atoms with Crippen molar-refractivity contribution < 1.29 is 14.6 Å². The van der Waals surface area contributed by atoms with Crippen LogP contribution < -0.4 is 0 Å². The number of benzene rings is 2. The van der Waals surface area contributed by atoms with Gasteiger partial charge in [-0.05, 0) is 42.5 Å². The van der Waals surface area contributed by atoms with Crippen molar-refractivity contribution in [3.63, 3.8) is 0 Å². The van der Waals surface area contributed by atoms with Gasteiger partial charge in [-0.2, -0.15) is 5.10 Å². The SMILES string of the molecule is Oc1ccc(-c2ccc(-n3ncc4cc(F)c(O)cc43)cn2)cc1. The smallest absolute Gasteiger partial charge is 0.165 e. The zero-order valence-corrected chi connectivity index (χ0v) is 12.4. The molecule has 0 saturated heterocycles. The number of halogens is 1. The molecule has 0 atom stereocenters. The average molecular weight is 321 g/mol. The molecule has 6 heteroatoms. The van der Waals surface area contributed by atoms with Gasteiger partial charge in [-0.25, -0.2) is 9.07 Å². The van der Waals surface area contributed by atoms with Crippen molar-refractivity contribution in [2.75, 3.05) is 0 Å². The maximum Gasteiger partial charge on any atom is 0.165 e. The number of pyridine rings is 1. The van der Waals surface area contributed by atoms with Gasteiger partial charge in [0.25, 0.3) is 0 Å². The molecule has 2 aromatic heterocycles. The maximum absolute atomic E-state index is 13.4. The molecule has 0 saturated carbocycles. The van der Waals surface area contributed by atoms with Crippen molar-refractivity contribution >= 4 is 10.9 Å². The first-order chi connectivity index (χ1) is 11.6. The molecule has 0 amide bonds. The van der Waals surface area contributed by atoms with Crippen molar-refractivity contribution in [3.8, 4) is 28.4 Å². The molecule has 0 bridgehead atoms. The van der Waals surface area contributed by atoms with Crippen LogP contribution in [0.2, 0.25) is 0 Å². The Labute approximate surface area is 136 Å². The van der Waals surface area contributed by atoms with Crippen molar-refractivity contribution in [2.24, 2.45) is 0 Å². The summed E-state index contributed by atoms with van der Waals surface area (Å²) in [5.74, 6) is -0.897. The second-order valence-corrected chi connectivity index (χ2v) is 5.37. The number of hydrogen-bond acceptors (Lipinski definition) is 4. The first-order valence-electron chi connectivity index (χ1n) is 7.24. The van der Waals surface area contributed by atoms with E-state index in [2.05, 4.69) is 10.1 Å². The summed E-state index contributed by atoms with van der Waals surface area (Å²) in [6.45, 7) is 0. The zero-order chi connectivity index (χ0) is 16.7. The van der Waals surface area contributed by atoms with Gasteiger partial charge in [-0.3, -0.25) is 4.98 Å². The molecule has 4 aromatic rings. The van der Waals surface area contributed by atoms with Crippen LogP contribution >= 0.6 is 0 Å². The molecule has 0 aliphatic carbocycles. The number of fused-ring (bicyclic) bond motifs is 1. The van der Waals surface area contributed by atoms with Crippen LogP contribution in [-0.2, 0) is 0 Å². The largest absolute Gasteiger partial charge is 0.508 e. The topological polar surface area (TPSA) is 71.2 Å².